The molecule has 0 fully saturated rings. The van der Waals surface area contributed by atoms with Crippen LogP contribution in [0.4, 0.5) is 0 Å². The molecule has 3 aromatic rings. The topological polar surface area (TPSA) is 126 Å². The molecule has 5 aliphatic rings. The van der Waals surface area contributed by atoms with E-state index in [9.17, 15) is 4.79 Å². The smallest absolute Gasteiger partial charge is 0.201 e. The zero-order chi connectivity index (χ0) is 20.5. The standard InChI is InChI=1S/C21H12N8OS/c30-21-9-1-2-10(31-21)18-17(9)19-27-15-7-5-13(25-15)23-11-3-4-12(22-11)24-14-6-8-16(26-14)28-20(18)29-19/h1-10H,(H2,22,23,24,25,26,27,28,29)/t9-,10?/m0/s1. The molecular formula is C21H12N8OS. The molecule has 0 saturated carbocycles. The number of H-pyrrole nitrogens is 2. The van der Waals surface area contributed by atoms with E-state index in [4.69, 9.17) is 9.97 Å². The van der Waals surface area contributed by atoms with Gasteiger partial charge in [-0.2, -0.15) is 0 Å². The van der Waals surface area contributed by atoms with Gasteiger partial charge in [-0.15, -0.1) is 0 Å². The lowest BCUT2D eigenvalue weighted by Gasteiger charge is -2.29. The van der Waals surface area contributed by atoms with Crippen LogP contribution in [0, 0.1) is 5.92 Å². The van der Waals surface area contributed by atoms with Gasteiger partial charge in [0.25, 0.3) is 0 Å². The molecule has 0 amide bonds. The SMILES string of the molecule is O=C1SC2C=C[C@H]1C1=C2c2nc3nc(nc4ccc(nc5ccc(nc1n2)[nH]5)[nH]4)C=C3. The van der Waals surface area contributed by atoms with Gasteiger partial charge in [-0.1, -0.05) is 23.9 Å². The van der Waals surface area contributed by atoms with Crippen LogP contribution in [0.25, 0.3) is 45.9 Å². The van der Waals surface area contributed by atoms with Gasteiger partial charge in [-0.25, -0.2) is 29.9 Å². The highest BCUT2D eigenvalue weighted by molar-refractivity contribution is 8.15. The number of hydrogen-bond acceptors (Lipinski definition) is 8. The third-order valence-electron chi connectivity index (χ3n) is 5.40. The Hall–Kier alpha value is -3.92. The van der Waals surface area contributed by atoms with Crippen molar-refractivity contribution in [1.82, 2.24) is 39.9 Å². The third-order valence-corrected chi connectivity index (χ3v) is 6.53. The Morgan fingerprint density at radius 3 is 2.06 bits per heavy atom. The first-order chi connectivity index (χ1) is 15.2. The maximum absolute atomic E-state index is 12.5. The highest BCUT2D eigenvalue weighted by Crippen LogP contribution is 2.50. The summed E-state index contributed by atoms with van der Waals surface area (Å²) in [5, 5.41) is -0.00608. The summed E-state index contributed by atoms with van der Waals surface area (Å²) in [4.78, 5) is 46.5. The average molecular weight is 424 g/mol. The number of aromatic nitrogens is 8. The summed E-state index contributed by atoms with van der Waals surface area (Å²) in [5.41, 5.74) is 4.33. The van der Waals surface area contributed by atoms with E-state index in [1.807, 2.05) is 36.4 Å². The van der Waals surface area contributed by atoms with E-state index in [1.165, 1.54) is 11.8 Å². The second-order valence-electron chi connectivity index (χ2n) is 7.37. The minimum absolute atomic E-state index is 0.110. The van der Waals surface area contributed by atoms with E-state index < -0.39 is 0 Å². The van der Waals surface area contributed by atoms with Gasteiger partial charge in [-0.3, -0.25) is 4.79 Å². The van der Waals surface area contributed by atoms with Crippen molar-refractivity contribution in [1.29, 1.82) is 0 Å². The number of allylic oxidation sites excluding steroid dienone is 2. The molecule has 0 saturated heterocycles. The van der Waals surface area contributed by atoms with E-state index >= 15 is 0 Å². The van der Waals surface area contributed by atoms with Crippen LogP contribution in [0.5, 0.6) is 0 Å². The van der Waals surface area contributed by atoms with Crippen LogP contribution in [-0.4, -0.2) is 50.2 Å². The summed E-state index contributed by atoms with van der Waals surface area (Å²) in [5.74, 6) is 1.73. The lowest BCUT2D eigenvalue weighted by atomic mass is 9.88. The molecule has 148 valence electrons. The maximum atomic E-state index is 12.5. The summed E-state index contributed by atoms with van der Waals surface area (Å²) < 4.78 is 0. The fourth-order valence-electron chi connectivity index (χ4n) is 4.06. The van der Waals surface area contributed by atoms with Gasteiger partial charge in [0, 0.05) is 11.1 Å². The lowest BCUT2D eigenvalue weighted by Crippen LogP contribution is -2.26. The van der Waals surface area contributed by atoms with Crippen LogP contribution >= 0.6 is 11.8 Å². The summed E-state index contributed by atoms with van der Waals surface area (Å²) in [7, 11) is 0. The van der Waals surface area contributed by atoms with Gasteiger partial charge >= 0.3 is 0 Å². The fourth-order valence-corrected chi connectivity index (χ4v) is 5.18. The molecule has 9 nitrogen and oxygen atoms in total. The number of fused-ring (bicyclic) bond motifs is 9. The van der Waals surface area contributed by atoms with E-state index in [1.54, 1.807) is 12.2 Å². The number of nitrogens with one attached hydrogen (secondary N) is 2. The predicted molar refractivity (Wildman–Crippen MR) is 117 cm³/mol. The molecule has 0 radical (unpaired) electrons. The molecule has 4 aliphatic heterocycles. The number of aromatic amines is 2. The molecular weight excluding hydrogens is 412 g/mol. The van der Waals surface area contributed by atoms with Crippen molar-refractivity contribution in [2.75, 3.05) is 0 Å². The minimum atomic E-state index is -0.364. The van der Waals surface area contributed by atoms with Gasteiger partial charge in [0.15, 0.2) is 23.3 Å². The molecule has 1 aliphatic carbocycles. The first-order valence-electron chi connectivity index (χ1n) is 9.68. The summed E-state index contributed by atoms with van der Waals surface area (Å²) >= 11 is 1.31. The van der Waals surface area contributed by atoms with Gasteiger partial charge in [-0.05, 0) is 36.4 Å². The molecule has 1 unspecified atom stereocenters. The van der Waals surface area contributed by atoms with E-state index in [0.717, 1.165) is 11.1 Å². The zero-order valence-electron chi connectivity index (χ0n) is 15.8. The number of carbonyl (C=O) groups excluding carboxylic acids is 1. The lowest BCUT2D eigenvalue weighted by molar-refractivity contribution is -0.112. The first-order valence-corrected chi connectivity index (χ1v) is 10.6. The fraction of sp³-hybridized carbons (Fsp3) is 0.0952. The number of carbonyl (C=O) groups is 1. The molecule has 0 spiro atoms. The Morgan fingerprint density at radius 1 is 0.677 bits per heavy atom. The molecule has 10 heteroatoms. The van der Waals surface area contributed by atoms with Crippen LogP contribution in [0.15, 0.2) is 36.4 Å². The molecule has 7 heterocycles. The number of thioether (sulfide) groups is 1. The van der Waals surface area contributed by atoms with Crippen LogP contribution in [0.3, 0.4) is 0 Å². The molecule has 0 aromatic carbocycles. The highest BCUT2D eigenvalue weighted by atomic mass is 32.2. The number of rotatable bonds is 0. The summed E-state index contributed by atoms with van der Waals surface area (Å²) in [6, 6.07) is 7.36. The van der Waals surface area contributed by atoms with Gasteiger partial charge in [0.2, 0.25) is 5.12 Å². The normalized spacial score (nSPS) is 21.1. The van der Waals surface area contributed by atoms with Crippen LogP contribution in [0.1, 0.15) is 23.3 Å². The van der Waals surface area contributed by atoms with Gasteiger partial charge < -0.3 is 9.97 Å². The van der Waals surface area contributed by atoms with Gasteiger partial charge in [0.05, 0.1) is 11.2 Å². The van der Waals surface area contributed by atoms with Crippen LogP contribution in [-0.2, 0) is 4.79 Å². The predicted octanol–water partition coefficient (Wildman–Crippen LogP) is 2.80. The van der Waals surface area contributed by atoms with Crippen LogP contribution in [0.2, 0.25) is 0 Å². The zero-order valence-corrected chi connectivity index (χ0v) is 16.6. The second kappa shape index (κ2) is 6.05. The van der Waals surface area contributed by atoms with Crippen molar-refractivity contribution in [3.63, 3.8) is 0 Å². The van der Waals surface area contributed by atoms with Crippen molar-refractivity contribution in [3.8, 4) is 0 Å². The first kappa shape index (κ1) is 16.8. The van der Waals surface area contributed by atoms with Crippen LogP contribution < -0.4 is 0 Å². The molecule has 2 atom stereocenters. The van der Waals surface area contributed by atoms with Crippen molar-refractivity contribution in [2.45, 2.75) is 5.25 Å². The highest BCUT2D eigenvalue weighted by Gasteiger charge is 2.43. The monoisotopic (exact) mass is 424 g/mol. The van der Waals surface area contributed by atoms with Crippen molar-refractivity contribution < 1.29 is 4.79 Å². The molecule has 3 aromatic heterocycles. The van der Waals surface area contributed by atoms with Crippen molar-refractivity contribution >= 4 is 62.8 Å². The Bertz CT molecular complexity index is 1560. The van der Waals surface area contributed by atoms with Gasteiger partial charge in [0.1, 0.15) is 22.6 Å². The van der Waals surface area contributed by atoms with E-state index in [0.29, 0.717) is 45.9 Å². The Labute approximate surface area is 178 Å². The van der Waals surface area contributed by atoms with Crippen molar-refractivity contribution in [2.24, 2.45) is 5.92 Å². The van der Waals surface area contributed by atoms with E-state index in [-0.39, 0.29) is 16.3 Å². The maximum Gasteiger partial charge on any atom is 0.201 e. The Morgan fingerprint density at radius 2 is 1.32 bits per heavy atom. The second-order valence-corrected chi connectivity index (χ2v) is 8.52. The molecule has 2 N–H and O–H groups in total. The Kier molecular flexibility index (Phi) is 3.28. The molecule has 10 bridgehead atoms. The van der Waals surface area contributed by atoms with Crippen molar-refractivity contribution in [3.05, 3.63) is 59.7 Å². The minimum Gasteiger partial charge on any atom is -0.325 e. The quantitative estimate of drug-likeness (QED) is 0.413. The van der Waals surface area contributed by atoms with E-state index in [2.05, 4.69) is 29.9 Å². The third kappa shape index (κ3) is 2.61. The Balaban J connectivity index is 1.57. The number of hydrogen-bond donors (Lipinski definition) is 2. The molecule has 31 heavy (non-hydrogen) atoms. The average Bonchev–Trinajstić information content (AvgIpc) is 3.53. The largest absolute Gasteiger partial charge is 0.325 e. The summed E-state index contributed by atoms with van der Waals surface area (Å²) in [6.07, 6.45) is 7.58. The number of nitrogens with zero attached hydrogens (tertiary/aromatic N) is 6. The molecule has 8 rings (SSSR count). The summed E-state index contributed by atoms with van der Waals surface area (Å²) in [6.45, 7) is 0.